The van der Waals surface area contributed by atoms with Crippen LogP contribution in [0.3, 0.4) is 0 Å². The summed E-state index contributed by atoms with van der Waals surface area (Å²) in [6.45, 7) is 4.86. The molecule has 30 heavy (non-hydrogen) atoms. The van der Waals surface area contributed by atoms with Gasteiger partial charge in [0.1, 0.15) is 11.8 Å². The Hall–Kier alpha value is -2.62. The van der Waals surface area contributed by atoms with E-state index in [9.17, 15) is 4.79 Å². The van der Waals surface area contributed by atoms with E-state index in [0.717, 1.165) is 24.3 Å². The standard InChI is InChI=1S/C26H27NO2.ClH/c1-18-12-13-21(16-19(18)2)23(28)14-15-27-26(20-8-4-3-5-9-20)25-17-22-10-6-7-11-24(22)29-25;/h3-13,16,25-27H,14-15,17H2,1-2H3;1H. The van der Waals surface area contributed by atoms with Crippen LogP contribution >= 0.6 is 0 Å². The first-order valence-electron chi connectivity index (χ1n) is 10.3. The number of rotatable bonds is 7. The molecule has 0 spiro atoms. The van der Waals surface area contributed by atoms with Gasteiger partial charge < -0.3 is 22.5 Å². The van der Waals surface area contributed by atoms with Gasteiger partial charge in [0.25, 0.3) is 0 Å². The minimum atomic E-state index is 0. The highest BCUT2D eigenvalue weighted by Gasteiger charge is 2.33. The molecule has 1 aliphatic rings. The number of carbonyl (C=O) groups excluding carboxylic acids is 1. The normalized spacial score (nSPS) is 15.6. The van der Waals surface area contributed by atoms with Gasteiger partial charge in [-0.1, -0.05) is 60.7 Å². The lowest BCUT2D eigenvalue weighted by Crippen LogP contribution is -3.00. The van der Waals surface area contributed by atoms with Gasteiger partial charge in [0, 0.05) is 17.5 Å². The summed E-state index contributed by atoms with van der Waals surface area (Å²) in [5.74, 6) is 1.19. The van der Waals surface area contributed by atoms with Crippen molar-refractivity contribution in [1.29, 1.82) is 0 Å². The van der Waals surface area contributed by atoms with E-state index in [-0.39, 0.29) is 30.3 Å². The largest absolute Gasteiger partial charge is 1.00 e. The number of ether oxygens (including phenoxy) is 1. The zero-order valence-corrected chi connectivity index (χ0v) is 18.2. The van der Waals surface area contributed by atoms with E-state index < -0.39 is 0 Å². The smallest absolute Gasteiger partial charge is 0.168 e. The third-order valence-electron chi connectivity index (χ3n) is 5.88. The molecule has 0 fully saturated rings. The minimum absolute atomic E-state index is 0. The summed E-state index contributed by atoms with van der Waals surface area (Å²) in [5.41, 5.74) is 5.69. The van der Waals surface area contributed by atoms with Gasteiger partial charge in [0.2, 0.25) is 0 Å². The van der Waals surface area contributed by atoms with E-state index in [2.05, 4.69) is 55.6 Å². The first-order chi connectivity index (χ1) is 14.1. The Morgan fingerprint density at radius 1 is 1.00 bits per heavy atom. The number of benzene rings is 3. The zero-order valence-electron chi connectivity index (χ0n) is 17.5. The number of hydrogen-bond donors (Lipinski definition) is 1. The Labute approximate surface area is 184 Å². The van der Waals surface area contributed by atoms with Crippen molar-refractivity contribution in [2.24, 2.45) is 0 Å². The van der Waals surface area contributed by atoms with Crippen LogP contribution in [0, 0.1) is 13.8 Å². The van der Waals surface area contributed by atoms with Crippen molar-refractivity contribution in [2.45, 2.75) is 38.8 Å². The number of Topliss-reactive ketones (excluding diaryl/α,β-unsaturated/α-hetero) is 1. The molecule has 0 bridgehead atoms. The molecule has 2 unspecified atom stereocenters. The topological polar surface area (TPSA) is 42.9 Å². The fourth-order valence-electron chi connectivity index (χ4n) is 4.04. The first kappa shape index (κ1) is 22.1. The summed E-state index contributed by atoms with van der Waals surface area (Å²) >= 11 is 0. The van der Waals surface area contributed by atoms with Gasteiger partial charge >= 0.3 is 0 Å². The van der Waals surface area contributed by atoms with E-state index in [1.807, 2.05) is 36.4 Å². The molecule has 0 amide bonds. The van der Waals surface area contributed by atoms with E-state index >= 15 is 0 Å². The number of fused-ring (bicyclic) bond motifs is 1. The highest BCUT2D eigenvalue weighted by atomic mass is 35.5. The molecule has 3 aromatic rings. The minimum Gasteiger partial charge on any atom is -1.00 e. The molecule has 0 radical (unpaired) electrons. The number of nitrogens with two attached hydrogens (primary N) is 1. The Morgan fingerprint density at radius 2 is 1.73 bits per heavy atom. The van der Waals surface area contributed by atoms with Gasteiger partial charge in [-0.05, 0) is 42.7 Å². The van der Waals surface area contributed by atoms with Crippen molar-refractivity contribution in [3.05, 3.63) is 101 Å². The third-order valence-corrected chi connectivity index (χ3v) is 5.88. The second-order valence-corrected chi connectivity index (χ2v) is 7.90. The molecule has 4 rings (SSSR count). The van der Waals surface area contributed by atoms with E-state index in [0.29, 0.717) is 6.42 Å². The Kier molecular flexibility index (Phi) is 7.30. The lowest BCUT2D eigenvalue weighted by Gasteiger charge is -2.22. The summed E-state index contributed by atoms with van der Waals surface area (Å²) in [5, 5.41) is 2.27. The molecule has 2 N–H and O–H groups in total. The molecule has 0 saturated carbocycles. The van der Waals surface area contributed by atoms with Crippen LogP contribution in [-0.4, -0.2) is 18.4 Å². The Balaban J connectivity index is 0.00000256. The van der Waals surface area contributed by atoms with Crippen LogP contribution < -0.4 is 22.5 Å². The summed E-state index contributed by atoms with van der Waals surface area (Å²) in [4.78, 5) is 12.7. The predicted octanol–water partition coefficient (Wildman–Crippen LogP) is 1.19. The fraction of sp³-hybridized carbons (Fsp3) is 0.269. The number of carbonyl (C=O) groups is 1. The van der Waals surface area contributed by atoms with Gasteiger partial charge in [-0.2, -0.15) is 0 Å². The summed E-state index contributed by atoms with van der Waals surface area (Å²) in [7, 11) is 0. The second kappa shape index (κ2) is 9.92. The van der Waals surface area contributed by atoms with Crippen LogP contribution in [0.2, 0.25) is 0 Å². The monoisotopic (exact) mass is 421 g/mol. The van der Waals surface area contributed by atoms with Crippen LogP contribution in [-0.2, 0) is 6.42 Å². The molecule has 1 heterocycles. The molecule has 1 aliphatic heterocycles. The summed E-state index contributed by atoms with van der Waals surface area (Å²) < 4.78 is 6.28. The Bertz CT molecular complexity index is 978. The number of para-hydroxylation sites is 1. The van der Waals surface area contributed by atoms with Crippen molar-refractivity contribution in [2.75, 3.05) is 6.54 Å². The summed E-state index contributed by atoms with van der Waals surface area (Å²) in [6, 6.07) is 24.9. The Morgan fingerprint density at radius 3 is 2.47 bits per heavy atom. The van der Waals surface area contributed by atoms with Crippen LogP contribution in [0.25, 0.3) is 0 Å². The fourth-order valence-corrected chi connectivity index (χ4v) is 4.04. The number of aryl methyl sites for hydroxylation is 2. The molecule has 3 aromatic carbocycles. The number of halogens is 1. The average Bonchev–Trinajstić information content (AvgIpc) is 3.17. The maximum Gasteiger partial charge on any atom is 0.168 e. The van der Waals surface area contributed by atoms with Gasteiger partial charge in [-0.3, -0.25) is 4.79 Å². The van der Waals surface area contributed by atoms with Crippen molar-refractivity contribution in [3.8, 4) is 5.75 Å². The number of hydrogen-bond acceptors (Lipinski definition) is 2. The SMILES string of the molecule is Cc1ccc(C(=O)CC[NH2+]C(c2ccccc2)C2Cc3ccccc3O2)cc1C.[Cl-]. The van der Waals surface area contributed by atoms with E-state index in [1.54, 1.807) is 0 Å². The second-order valence-electron chi connectivity index (χ2n) is 7.90. The van der Waals surface area contributed by atoms with Crippen molar-refractivity contribution < 1.29 is 27.3 Å². The lowest BCUT2D eigenvalue weighted by atomic mass is 9.97. The van der Waals surface area contributed by atoms with Crippen molar-refractivity contribution in [3.63, 3.8) is 0 Å². The molecule has 2 atom stereocenters. The molecule has 0 aliphatic carbocycles. The third kappa shape index (κ3) is 4.92. The van der Waals surface area contributed by atoms with Gasteiger partial charge in [-0.15, -0.1) is 0 Å². The highest BCUT2D eigenvalue weighted by Crippen LogP contribution is 2.32. The van der Waals surface area contributed by atoms with Crippen LogP contribution in [0.15, 0.2) is 72.8 Å². The molecule has 0 aromatic heterocycles. The van der Waals surface area contributed by atoms with E-state index in [1.165, 1.54) is 22.3 Å². The predicted molar refractivity (Wildman–Crippen MR) is 115 cm³/mol. The molecule has 3 nitrogen and oxygen atoms in total. The first-order valence-corrected chi connectivity index (χ1v) is 10.3. The highest BCUT2D eigenvalue weighted by molar-refractivity contribution is 5.96. The molecule has 4 heteroatoms. The van der Waals surface area contributed by atoms with Gasteiger partial charge in [0.05, 0.1) is 13.0 Å². The van der Waals surface area contributed by atoms with Crippen molar-refractivity contribution in [1.82, 2.24) is 0 Å². The molecule has 156 valence electrons. The quantitative estimate of drug-likeness (QED) is 0.582. The maximum atomic E-state index is 12.7. The van der Waals surface area contributed by atoms with Crippen LogP contribution in [0.4, 0.5) is 0 Å². The van der Waals surface area contributed by atoms with E-state index in [4.69, 9.17) is 4.74 Å². The average molecular weight is 422 g/mol. The zero-order chi connectivity index (χ0) is 20.2. The molecular formula is C26H28ClNO2. The van der Waals surface area contributed by atoms with Crippen LogP contribution in [0.1, 0.15) is 45.1 Å². The molecular weight excluding hydrogens is 394 g/mol. The maximum absolute atomic E-state index is 12.7. The van der Waals surface area contributed by atoms with Gasteiger partial charge in [-0.25, -0.2) is 0 Å². The van der Waals surface area contributed by atoms with Crippen LogP contribution in [0.5, 0.6) is 5.75 Å². The number of ketones is 1. The number of quaternary nitrogens is 1. The molecule has 0 saturated heterocycles. The van der Waals surface area contributed by atoms with Crippen molar-refractivity contribution >= 4 is 5.78 Å². The lowest BCUT2D eigenvalue weighted by molar-refractivity contribution is -0.701. The van der Waals surface area contributed by atoms with Gasteiger partial charge in [0.15, 0.2) is 11.9 Å². The summed E-state index contributed by atoms with van der Waals surface area (Å²) in [6.07, 6.45) is 1.49.